The van der Waals surface area contributed by atoms with Gasteiger partial charge in [-0.2, -0.15) is 0 Å². The summed E-state index contributed by atoms with van der Waals surface area (Å²) in [7, 11) is 0. The van der Waals surface area contributed by atoms with Crippen LogP contribution in [0.3, 0.4) is 0 Å². The van der Waals surface area contributed by atoms with E-state index in [1.54, 1.807) is 35.0 Å². The van der Waals surface area contributed by atoms with Gasteiger partial charge >= 0.3 is 0 Å². The minimum atomic E-state index is -0.521. The molecule has 0 aliphatic heterocycles. The number of carbonyl (C=O) groups excluding carboxylic acids is 2. The zero-order valence-electron chi connectivity index (χ0n) is 9.70. The van der Waals surface area contributed by atoms with Crippen LogP contribution in [0.2, 0.25) is 0 Å². The molecule has 19 heavy (non-hydrogen) atoms. The molecule has 0 spiro atoms. The molecule has 0 saturated heterocycles. The van der Waals surface area contributed by atoms with E-state index in [-0.39, 0.29) is 0 Å². The summed E-state index contributed by atoms with van der Waals surface area (Å²) in [5, 5.41) is 0. The number of rotatable bonds is 0. The van der Waals surface area contributed by atoms with E-state index in [1.807, 2.05) is 6.07 Å². The van der Waals surface area contributed by atoms with E-state index < -0.39 is 11.6 Å². The summed E-state index contributed by atoms with van der Waals surface area (Å²) in [5.41, 5.74) is 2.48. The Morgan fingerprint density at radius 2 is 1.89 bits per heavy atom. The molecular weight excluding hydrogens is 242 g/mol. The van der Waals surface area contributed by atoms with Crippen molar-refractivity contribution in [3.05, 3.63) is 54.1 Å². The van der Waals surface area contributed by atoms with Gasteiger partial charge in [-0.05, 0) is 18.2 Å². The highest BCUT2D eigenvalue weighted by Gasteiger charge is 2.34. The van der Waals surface area contributed by atoms with Crippen molar-refractivity contribution in [3.8, 4) is 11.3 Å². The lowest BCUT2D eigenvalue weighted by Crippen LogP contribution is -2.22. The van der Waals surface area contributed by atoms with Gasteiger partial charge in [0.1, 0.15) is 17.0 Å². The molecule has 0 amide bonds. The molecule has 0 unspecified atom stereocenters. The Labute approximate surface area is 107 Å². The van der Waals surface area contributed by atoms with Gasteiger partial charge in [0.15, 0.2) is 0 Å². The number of imidazole rings is 1. The molecule has 0 aromatic carbocycles. The van der Waals surface area contributed by atoms with Gasteiger partial charge in [-0.1, -0.05) is 6.07 Å². The van der Waals surface area contributed by atoms with Gasteiger partial charge in [0.2, 0.25) is 5.78 Å². The van der Waals surface area contributed by atoms with Crippen molar-refractivity contribution in [1.82, 2.24) is 14.4 Å². The van der Waals surface area contributed by atoms with Crippen LogP contribution in [0.5, 0.6) is 0 Å². The summed E-state index contributed by atoms with van der Waals surface area (Å²) in [4.78, 5) is 32.8. The summed E-state index contributed by atoms with van der Waals surface area (Å²) < 4.78 is 1.64. The first-order valence-electron chi connectivity index (χ1n) is 5.78. The molecule has 3 heterocycles. The van der Waals surface area contributed by atoms with E-state index in [2.05, 4.69) is 9.97 Å². The Morgan fingerprint density at radius 3 is 2.79 bits per heavy atom. The fourth-order valence-electron chi connectivity index (χ4n) is 2.41. The number of aromatic nitrogens is 3. The molecule has 0 N–H and O–H groups in total. The molecule has 0 fully saturated rings. The summed E-state index contributed by atoms with van der Waals surface area (Å²) >= 11 is 0. The van der Waals surface area contributed by atoms with E-state index in [4.69, 9.17) is 0 Å². The van der Waals surface area contributed by atoms with Crippen LogP contribution in [0.1, 0.15) is 20.8 Å². The third-order valence-electron chi connectivity index (χ3n) is 3.27. The van der Waals surface area contributed by atoms with Gasteiger partial charge in [-0.3, -0.25) is 19.0 Å². The SMILES string of the molecule is O=C1C(=O)c2c(nc3ccccn23)-c2cnccc21. The molecular formula is C14H7N3O2. The number of nitrogens with zero attached hydrogens (tertiary/aromatic N) is 3. The number of fused-ring (bicyclic) bond motifs is 5. The van der Waals surface area contributed by atoms with E-state index in [1.165, 1.54) is 6.20 Å². The monoisotopic (exact) mass is 249 g/mol. The van der Waals surface area contributed by atoms with Gasteiger partial charge in [-0.25, -0.2) is 4.98 Å². The van der Waals surface area contributed by atoms with Gasteiger partial charge in [0.25, 0.3) is 5.78 Å². The molecule has 0 saturated carbocycles. The summed E-state index contributed by atoms with van der Waals surface area (Å²) in [6.07, 6.45) is 4.81. The topological polar surface area (TPSA) is 64.3 Å². The maximum absolute atomic E-state index is 12.2. The summed E-state index contributed by atoms with van der Waals surface area (Å²) in [6, 6.07) is 6.99. The molecule has 0 radical (unpaired) electrons. The van der Waals surface area contributed by atoms with Crippen LogP contribution in [0, 0.1) is 0 Å². The molecule has 5 heteroatoms. The minimum Gasteiger partial charge on any atom is -0.296 e. The van der Waals surface area contributed by atoms with Crippen LogP contribution in [-0.4, -0.2) is 25.9 Å². The lowest BCUT2D eigenvalue weighted by Gasteiger charge is -2.12. The molecule has 4 rings (SSSR count). The van der Waals surface area contributed by atoms with Crippen molar-refractivity contribution < 1.29 is 9.59 Å². The normalized spacial score (nSPS) is 13.5. The van der Waals surface area contributed by atoms with Gasteiger partial charge in [0, 0.05) is 29.7 Å². The highest BCUT2D eigenvalue weighted by atomic mass is 16.2. The Bertz CT molecular complexity index is 864. The molecule has 3 aromatic heterocycles. The molecule has 0 bridgehead atoms. The third-order valence-corrected chi connectivity index (χ3v) is 3.27. The quantitative estimate of drug-likeness (QED) is 0.569. The highest BCUT2D eigenvalue weighted by Crippen LogP contribution is 2.32. The van der Waals surface area contributed by atoms with Crippen LogP contribution < -0.4 is 0 Å². The smallest absolute Gasteiger partial charge is 0.252 e. The van der Waals surface area contributed by atoms with E-state index in [0.717, 1.165) is 0 Å². The zero-order valence-corrected chi connectivity index (χ0v) is 9.70. The zero-order chi connectivity index (χ0) is 13.0. The fourth-order valence-corrected chi connectivity index (χ4v) is 2.41. The Kier molecular flexibility index (Phi) is 1.79. The van der Waals surface area contributed by atoms with E-state index in [0.29, 0.717) is 28.2 Å². The van der Waals surface area contributed by atoms with Crippen molar-refractivity contribution >= 4 is 17.2 Å². The number of hydrogen-bond donors (Lipinski definition) is 0. The molecule has 3 aromatic rings. The second-order valence-corrected chi connectivity index (χ2v) is 4.32. The second kappa shape index (κ2) is 3.35. The maximum atomic E-state index is 12.2. The standard InChI is InChI=1S/C14H7N3O2/c18-13-8-4-5-15-7-9(8)11-12(14(13)19)17-6-2-1-3-10(17)16-11/h1-7H. The van der Waals surface area contributed by atoms with Crippen molar-refractivity contribution in [2.45, 2.75) is 0 Å². The predicted octanol–water partition coefficient (Wildman–Crippen LogP) is 1.78. The van der Waals surface area contributed by atoms with Crippen LogP contribution in [0.15, 0.2) is 42.9 Å². The van der Waals surface area contributed by atoms with Crippen LogP contribution in [0.25, 0.3) is 16.9 Å². The molecule has 90 valence electrons. The van der Waals surface area contributed by atoms with Crippen LogP contribution in [-0.2, 0) is 0 Å². The highest BCUT2D eigenvalue weighted by molar-refractivity contribution is 6.52. The van der Waals surface area contributed by atoms with Gasteiger partial charge in [0.05, 0.1) is 0 Å². The average Bonchev–Trinajstić information content (AvgIpc) is 2.84. The number of Topliss-reactive ketones (excluding diaryl/α,β-unsaturated/α-hetero) is 2. The van der Waals surface area contributed by atoms with Crippen molar-refractivity contribution in [3.63, 3.8) is 0 Å². The molecule has 5 nitrogen and oxygen atoms in total. The van der Waals surface area contributed by atoms with E-state index in [9.17, 15) is 9.59 Å². The van der Waals surface area contributed by atoms with Crippen LogP contribution in [0.4, 0.5) is 0 Å². The van der Waals surface area contributed by atoms with Crippen molar-refractivity contribution in [2.24, 2.45) is 0 Å². The van der Waals surface area contributed by atoms with Gasteiger partial charge < -0.3 is 0 Å². The second-order valence-electron chi connectivity index (χ2n) is 4.32. The number of ketones is 2. The lowest BCUT2D eigenvalue weighted by molar-refractivity contribution is 0.0811. The maximum Gasteiger partial charge on any atom is 0.252 e. The van der Waals surface area contributed by atoms with E-state index >= 15 is 0 Å². The predicted molar refractivity (Wildman–Crippen MR) is 67.1 cm³/mol. The Hall–Kier alpha value is -2.82. The number of pyridine rings is 2. The van der Waals surface area contributed by atoms with Crippen molar-refractivity contribution in [2.75, 3.05) is 0 Å². The first kappa shape index (κ1) is 10.1. The minimum absolute atomic E-state index is 0.320. The average molecular weight is 249 g/mol. The Morgan fingerprint density at radius 1 is 1.00 bits per heavy atom. The summed E-state index contributed by atoms with van der Waals surface area (Å²) in [6.45, 7) is 0. The first-order chi connectivity index (χ1) is 9.27. The number of hydrogen-bond acceptors (Lipinski definition) is 4. The molecule has 0 atom stereocenters. The Balaban J connectivity index is 2.20. The van der Waals surface area contributed by atoms with Gasteiger partial charge in [-0.15, -0.1) is 0 Å². The lowest BCUT2D eigenvalue weighted by atomic mass is 9.92. The first-order valence-corrected chi connectivity index (χ1v) is 5.78. The van der Waals surface area contributed by atoms with Crippen molar-refractivity contribution in [1.29, 1.82) is 0 Å². The fraction of sp³-hybridized carbons (Fsp3) is 0. The largest absolute Gasteiger partial charge is 0.296 e. The summed E-state index contributed by atoms with van der Waals surface area (Å²) in [5.74, 6) is -1.03. The third kappa shape index (κ3) is 1.18. The van der Waals surface area contributed by atoms with Crippen LogP contribution >= 0.6 is 0 Å². The molecule has 1 aliphatic carbocycles. The molecule has 1 aliphatic rings. The number of carbonyl (C=O) groups is 2.